The Hall–Kier alpha value is -2.37. The molecule has 1 saturated heterocycles. The number of nitrogens with zero attached hydrogens (tertiary/aromatic N) is 2. The largest absolute Gasteiger partial charge is 0.481 e. The van der Waals surface area contributed by atoms with Crippen molar-refractivity contribution in [1.29, 1.82) is 0 Å². The topological polar surface area (TPSA) is 77.9 Å². The van der Waals surface area contributed by atoms with Crippen molar-refractivity contribution in [2.75, 3.05) is 11.6 Å². The molecule has 1 aliphatic heterocycles. The Balaban J connectivity index is 2.28. The van der Waals surface area contributed by atoms with Crippen LogP contribution in [0.5, 0.6) is 0 Å². The molecule has 0 radical (unpaired) electrons. The number of rotatable bonds is 4. The lowest BCUT2D eigenvalue weighted by atomic mass is 9.94. The maximum absolute atomic E-state index is 12.4. The summed E-state index contributed by atoms with van der Waals surface area (Å²) < 4.78 is 0. The molecule has 0 unspecified atom stereocenters. The molecule has 0 aromatic heterocycles. The zero-order valence-electron chi connectivity index (χ0n) is 12.1. The number of carbonyl (C=O) groups excluding carboxylic acids is 2. The molecule has 0 saturated carbocycles. The van der Waals surface area contributed by atoms with Crippen LogP contribution in [0, 0.1) is 5.41 Å². The van der Waals surface area contributed by atoms with Gasteiger partial charge in [-0.3, -0.25) is 19.4 Å². The van der Waals surface area contributed by atoms with Crippen molar-refractivity contribution in [2.24, 2.45) is 5.41 Å². The highest BCUT2D eigenvalue weighted by Gasteiger charge is 2.47. The Kier molecular flexibility index (Phi) is 3.97. The molecule has 2 amide bonds. The van der Waals surface area contributed by atoms with Gasteiger partial charge < -0.3 is 5.11 Å². The van der Waals surface area contributed by atoms with Crippen molar-refractivity contribution in [2.45, 2.75) is 26.7 Å². The van der Waals surface area contributed by atoms with Gasteiger partial charge in [0.15, 0.2) is 0 Å². The Morgan fingerprint density at radius 3 is 2.38 bits per heavy atom. The van der Waals surface area contributed by atoms with E-state index in [4.69, 9.17) is 5.11 Å². The van der Waals surface area contributed by atoms with Gasteiger partial charge in [-0.15, -0.1) is 0 Å². The van der Waals surface area contributed by atoms with Gasteiger partial charge in [-0.1, -0.05) is 18.2 Å². The molecule has 2 rings (SSSR count). The number of aliphatic carboxylic acids is 1. The van der Waals surface area contributed by atoms with E-state index in [0.717, 1.165) is 10.7 Å². The molecule has 6 nitrogen and oxygen atoms in total. The van der Waals surface area contributed by atoms with Gasteiger partial charge in [-0.2, -0.15) is 5.01 Å². The molecular formula is C15H18N2O4. The SMILES string of the molecule is CC1(C)CN(c2ccccc2)N(C(=O)CCC(=O)O)C1=O. The van der Waals surface area contributed by atoms with E-state index in [2.05, 4.69) is 0 Å². The van der Waals surface area contributed by atoms with E-state index in [0.29, 0.717) is 6.54 Å². The Morgan fingerprint density at radius 2 is 1.81 bits per heavy atom. The molecular weight excluding hydrogens is 272 g/mol. The van der Waals surface area contributed by atoms with Crippen molar-refractivity contribution in [1.82, 2.24) is 5.01 Å². The predicted octanol–water partition coefficient (Wildman–Crippen LogP) is 1.67. The molecule has 1 aromatic carbocycles. The number of amides is 2. The first-order valence-corrected chi connectivity index (χ1v) is 6.74. The summed E-state index contributed by atoms with van der Waals surface area (Å²) in [5.41, 5.74) is 0.0504. The van der Waals surface area contributed by atoms with Crippen LogP contribution in [0.4, 0.5) is 5.69 Å². The molecule has 6 heteroatoms. The van der Waals surface area contributed by atoms with E-state index in [1.165, 1.54) is 0 Å². The predicted molar refractivity (Wildman–Crippen MR) is 76.3 cm³/mol. The summed E-state index contributed by atoms with van der Waals surface area (Å²) in [4.78, 5) is 35.3. The third-order valence-electron chi connectivity index (χ3n) is 3.40. The van der Waals surface area contributed by atoms with Crippen LogP contribution in [-0.2, 0) is 14.4 Å². The van der Waals surface area contributed by atoms with Crippen LogP contribution < -0.4 is 5.01 Å². The quantitative estimate of drug-likeness (QED) is 0.912. The Morgan fingerprint density at radius 1 is 1.19 bits per heavy atom. The number of hydrogen-bond acceptors (Lipinski definition) is 4. The van der Waals surface area contributed by atoms with E-state index in [-0.39, 0.29) is 18.7 Å². The molecule has 21 heavy (non-hydrogen) atoms. The first kappa shape index (κ1) is 15.0. The maximum Gasteiger partial charge on any atom is 0.303 e. The lowest BCUT2D eigenvalue weighted by Gasteiger charge is -2.27. The van der Waals surface area contributed by atoms with Gasteiger partial charge in [0.25, 0.3) is 5.91 Å². The highest BCUT2D eigenvalue weighted by Crippen LogP contribution is 2.33. The minimum atomic E-state index is -1.06. The first-order valence-electron chi connectivity index (χ1n) is 6.74. The highest BCUT2D eigenvalue weighted by molar-refractivity contribution is 6.02. The normalized spacial score (nSPS) is 17.1. The third kappa shape index (κ3) is 3.04. The van der Waals surface area contributed by atoms with Crippen molar-refractivity contribution < 1.29 is 19.5 Å². The van der Waals surface area contributed by atoms with Crippen LogP contribution in [0.25, 0.3) is 0 Å². The third-order valence-corrected chi connectivity index (χ3v) is 3.40. The second kappa shape index (κ2) is 5.55. The average molecular weight is 290 g/mol. The van der Waals surface area contributed by atoms with E-state index in [9.17, 15) is 14.4 Å². The number of carboxylic acids is 1. The second-order valence-corrected chi connectivity index (χ2v) is 5.68. The van der Waals surface area contributed by atoms with Gasteiger partial charge in [0.1, 0.15) is 0 Å². The molecule has 1 fully saturated rings. The molecule has 1 N–H and O–H groups in total. The summed E-state index contributed by atoms with van der Waals surface area (Å²) in [5, 5.41) is 11.4. The summed E-state index contributed by atoms with van der Waals surface area (Å²) in [7, 11) is 0. The number of carbonyl (C=O) groups is 3. The molecule has 0 spiro atoms. The average Bonchev–Trinajstić information content (AvgIpc) is 2.68. The van der Waals surface area contributed by atoms with Gasteiger partial charge in [0.2, 0.25) is 5.91 Å². The number of anilines is 1. The fourth-order valence-electron chi connectivity index (χ4n) is 2.28. The lowest BCUT2D eigenvalue weighted by molar-refractivity contribution is -0.148. The van der Waals surface area contributed by atoms with Crippen molar-refractivity contribution in [3.63, 3.8) is 0 Å². The second-order valence-electron chi connectivity index (χ2n) is 5.68. The number of benzene rings is 1. The highest BCUT2D eigenvalue weighted by atomic mass is 16.4. The van der Waals surface area contributed by atoms with E-state index in [1.54, 1.807) is 18.9 Å². The van der Waals surface area contributed by atoms with Crippen molar-refractivity contribution in [3.8, 4) is 0 Å². The zero-order valence-corrected chi connectivity index (χ0v) is 12.1. The molecule has 0 bridgehead atoms. The van der Waals surface area contributed by atoms with Gasteiger partial charge >= 0.3 is 5.97 Å². The number of para-hydroxylation sites is 1. The number of carboxylic acid groups (broad SMARTS) is 1. The smallest absolute Gasteiger partial charge is 0.303 e. The Bertz CT molecular complexity index is 568. The van der Waals surface area contributed by atoms with Crippen LogP contribution in [0.3, 0.4) is 0 Å². The van der Waals surface area contributed by atoms with Crippen LogP contribution >= 0.6 is 0 Å². The number of hydrogen-bond donors (Lipinski definition) is 1. The van der Waals surface area contributed by atoms with Gasteiger partial charge in [0.05, 0.1) is 24.1 Å². The fraction of sp³-hybridized carbons (Fsp3) is 0.400. The van der Waals surface area contributed by atoms with E-state index < -0.39 is 17.3 Å². The maximum atomic E-state index is 12.4. The first-order chi connectivity index (χ1) is 9.83. The summed E-state index contributed by atoms with van der Waals surface area (Å²) in [6, 6.07) is 9.12. The molecule has 0 aliphatic carbocycles. The van der Waals surface area contributed by atoms with Gasteiger partial charge in [-0.05, 0) is 26.0 Å². The standard InChI is InChI=1S/C15H18N2O4/c1-15(2)10-16(11-6-4-3-5-7-11)17(14(15)21)12(18)8-9-13(19)20/h3-7H,8-10H2,1-2H3,(H,19,20). The van der Waals surface area contributed by atoms with Crippen LogP contribution in [0.15, 0.2) is 30.3 Å². The summed E-state index contributed by atoms with van der Waals surface area (Å²) in [6.45, 7) is 3.93. The molecule has 1 aliphatic rings. The number of imide groups is 1. The van der Waals surface area contributed by atoms with Crippen molar-refractivity contribution >= 4 is 23.5 Å². The lowest BCUT2D eigenvalue weighted by Crippen LogP contribution is -2.44. The molecule has 0 atom stereocenters. The summed E-state index contributed by atoms with van der Waals surface area (Å²) >= 11 is 0. The van der Waals surface area contributed by atoms with Gasteiger partial charge in [0, 0.05) is 6.42 Å². The molecule has 112 valence electrons. The van der Waals surface area contributed by atoms with Gasteiger partial charge in [-0.25, -0.2) is 0 Å². The minimum Gasteiger partial charge on any atom is -0.481 e. The Labute approximate surface area is 122 Å². The zero-order chi connectivity index (χ0) is 15.6. The number of hydrazine groups is 1. The van der Waals surface area contributed by atoms with Crippen LogP contribution in [0.1, 0.15) is 26.7 Å². The summed E-state index contributed by atoms with van der Waals surface area (Å²) in [5.74, 6) is -1.85. The fourth-order valence-corrected chi connectivity index (χ4v) is 2.28. The van der Waals surface area contributed by atoms with E-state index in [1.807, 2.05) is 30.3 Å². The minimum absolute atomic E-state index is 0.194. The monoisotopic (exact) mass is 290 g/mol. The van der Waals surface area contributed by atoms with E-state index >= 15 is 0 Å². The molecule has 1 heterocycles. The van der Waals surface area contributed by atoms with Crippen LogP contribution in [-0.4, -0.2) is 34.4 Å². The van der Waals surface area contributed by atoms with Crippen molar-refractivity contribution in [3.05, 3.63) is 30.3 Å². The molecule has 1 aromatic rings. The summed E-state index contributed by atoms with van der Waals surface area (Å²) in [6.07, 6.45) is -0.480. The van der Waals surface area contributed by atoms with Crippen LogP contribution in [0.2, 0.25) is 0 Å².